The molecule has 0 radical (unpaired) electrons. The molecule has 41 heavy (non-hydrogen) atoms. The van der Waals surface area contributed by atoms with Gasteiger partial charge in [0.25, 0.3) is 10.0 Å². The molecule has 0 N–H and O–H groups in total. The quantitative estimate of drug-likeness (QED) is 0.337. The van der Waals surface area contributed by atoms with Crippen molar-refractivity contribution in [3.8, 4) is 0 Å². The Balaban J connectivity index is 1.52. The van der Waals surface area contributed by atoms with Gasteiger partial charge in [0.1, 0.15) is 5.60 Å². The zero-order valence-electron chi connectivity index (χ0n) is 25.7. The number of carbonyl (C=O) groups excluding carboxylic acids is 1. The molecule has 2 heterocycles. The molecule has 1 amide bonds. The average molecular weight is 582 g/mol. The summed E-state index contributed by atoms with van der Waals surface area (Å²) < 4.78 is 35.1. The summed E-state index contributed by atoms with van der Waals surface area (Å²) in [5.41, 5.74) is 4.29. The zero-order valence-corrected chi connectivity index (χ0v) is 26.5. The zero-order chi connectivity index (χ0) is 29.9. The minimum atomic E-state index is -3.77. The lowest BCUT2D eigenvalue weighted by atomic mass is 9.92. The van der Waals surface area contributed by atoms with Gasteiger partial charge in [-0.25, -0.2) is 13.2 Å². The first-order valence-electron chi connectivity index (χ1n) is 14.9. The molecule has 0 atom stereocenters. The summed E-state index contributed by atoms with van der Waals surface area (Å²) >= 11 is 0. The maximum absolute atomic E-state index is 14.0. The third-order valence-electron chi connectivity index (χ3n) is 7.87. The second-order valence-electron chi connectivity index (χ2n) is 12.8. The van der Waals surface area contributed by atoms with Gasteiger partial charge in [-0.2, -0.15) is 0 Å². The Morgan fingerprint density at radius 3 is 2.32 bits per heavy atom. The van der Waals surface area contributed by atoms with Crippen LogP contribution in [-0.4, -0.2) is 57.7 Å². The highest BCUT2D eigenvalue weighted by Gasteiger charge is 2.31. The Labute approximate surface area is 247 Å². The van der Waals surface area contributed by atoms with E-state index in [9.17, 15) is 13.2 Å². The van der Waals surface area contributed by atoms with Crippen LogP contribution in [0.4, 0.5) is 16.2 Å². The van der Waals surface area contributed by atoms with Crippen molar-refractivity contribution in [3.05, 3.63) is 60.2 Å². The maximum atomic E-state index is 14.0. The molecule has 8 heteroatoms. The van der Waals surface area contributed by atoms with E-state index in [4.69, 9.17) is 4.74 Å². The second-order valence-corrected chi connectivity index (χ2v) is 14.7. The van der Waals surface area contributed by atoms with Crippen LogP contribution in [0.25, 0.3) is 5.57 Å². The number of amides is 1. The van der Waals surface area contributed by atoms with Crippen LogP contribution in [-0.2, 0) is 21.2 Å². The van der Waals surface area contributed by atoms with E-state index in [2.05, 4.69) is 18.4 Å². The molecule has 0 spiro atoms. The molecule has 2 aromatic rings. The predicted octanol–water partition coefficient (Wildman–Crippen LogP) is 6.97. The molecule has 0 aliphatic carbocycles. The highest BCUT2D eigenvalue weighted by atomic mass is 32.2. The van der Waals surface area contributed by atoms with Gasteiger partial charge >= 0.3 is 6.09 Å². The van der Waals surface area contributed by atoms with Crippen LogP contribution in [0.3, 0.4) is 0 Å². The highest BCUT2D eigenvalue weighted by molar-refractivity contribution is 7.92. The van der Waals surface area contributed by atoms with E-state index >= 15 is 0 Å². The van der Waals surface area contributed by atoms with Gasteiger partial charge in [0.15, 0.2) is 0 Å². The number of nitrogens with zero attached hydrogens (tertiary/aromatic N) is 3. The summed E-state index contributed by atoms with van der Waals surface area (Å²) in [5.74, 6) is 0.615. The predicted molar refractivity (Wildman–Crippen MR) is 168 cm³/mol. The molecule has 2 aliphatic rings. The van der Waals surface area contributed by atoms with Crippen LogP contribution in [0.2, 0.25) is 0 Å². The van der Waals surface area contributed by atoms with E-state index in [-0.39, 0.29) is 12.0 Å². The van der Waals surface area contributed by atoms with E-state index in [1.165, 1.54) is 5.56 Å². The van der Waals surface area contributed by atoms with Crippen LogP contribution in [0, 0.1) is 11.8 Å². The van der Waals surface area contributed by atoms with Crippen molar-refractivity contribution in [2.24, 2.45) is 11.8 Å². The van der Waals surface area contributed by atoms with E-state index < -0.39 is 15.6 Å². The van der Waals surface area contributed by atoms with Crippen LogP contribution < -0.4 is 9.21 Å². The largest absolute Gasteiger partial charge is 0.444 e. The summed E-state index contributed by atoms with van der Waals surface area (Å²) in [6, 6.07) is 13.3. The van der Waals surface area contributed by atoms with Crippen LogP contribution >= 0.6 is 0 Å². The smallest absolute Gasteiger partial charge is 0.410 e. The molecule has 1 fully saturated rings. The van der Waals surface area contributed by atoms with Gasteiger partial charge in [0.2, 0.25) is 0 Å². The average Bonchev–Trinajstić information content (AvgIpc) is 2.92. The molecule has 0 unspecified atom stereocenters. The number of hydrogen-bond acceptors (Lipinski definition) is 5. The number of anilines is 2. The molecule has 2 aliphatic heterocycles. The van der Waals surface area contributed by atoms with Gasteiger partial charge in [0, 0.05) is 44.0 Å². The normalized spacial score (nSPS) is 16.6. The van der Waals surface area contributed by atoms with Crippen molar-refractivity contribution < 1.29 is 17.9 Å². The van der Waals surface area contributed by atoms with Gasteiger partial charge in [-0.3, -0.25) is 4.31 Å². The Hall–Kier alpha value is -3.00. The van der Waals surface area contributed by atoms with E-state index in [1.807, 2.05) is 75.9 Å². The monoisotopic (exact) mass is 581 g/mol. The third-order valence-corrected chi connectivity index (χ3v) is 9.66. The highest BCUT2D eigenvalue weighted by Crippen LogP contribution is 2.38. The van der Waals surface area contributed by atoms with Crippen molar-refractivity contribution in [2.75, 3.05) is 41.9 Å². The summed E-state index contributed by atoms with van der Waals surface area (Å²) in [6.07, 6.45) is 3.29. The number of fused-ring (bicyclic) bond motifs is 1. The van der Waals surface area contributed by atoms with Gasteiger partial charge in [-0.15, -0.1) is 0 Å². The SMILES string of the molecule is C=C1CCN(CC2CCN(C(=O)OC(C)(C)C)CC2)c2ccc(S(=O)(=O)N(CC(C)C)c3ccc(CC)cc3)cc21. The molecular weight excluding hydrogens is 534 g/mol. The number of aryl methyl sites for hydroxylation is 1. The van der Waals surface area contributed by atoms with E-state index in [0.717, 1.165) is 55.6 Å². The number of likely N-dealkylation sites (tertiary alicyclic amines) is 1. The maximum Gasteiger partial charge on any atom is 0.410 e. The van der Waals surface area contributed by atoms with Crippen molar-refractivity contribution in [1.82, 2.24) is 4.90 Å². The first kappa shape index (κ1) is 30.9. The molecule has 0 aromatic heterocycles. The number of rotatable bonds is 8. The Kier molecular flexibility index (Phi) is 9.42. The Bertz CT molecular complexity index is 1340. The van der Waals surface area contributed by atoms with Crippen LogP contribution in [0.15, 0.2) is 53.9 Å². The standard InChI is InChI=1S/C33H47N3O4S/c1-8-26-9-11-28(12-10-26)36(22-24(2)3)41(38,39)29-13-14-31-30(21-29)25(4)15-18-35(31)23-27-16-19-34(20-17-27)32(37)40-33(5,6)7/h9-14,21,24,27H,4,8,15-20,22-23H2,1-3,5-7H3. The Morgan fingerprint density at radius 2 is 1.73 bits per heavy atom. The number of piperidine rings is 1. The lowest BCUT2D eigenvalue weighted by molar-refractivity contribution is 0.0186. The van der Waals surface area contributed by atoms with Gasteiger partial charge in [0.05, 0.1) is 10.6 Å². The topological polar surface area (TPSA) is 70.2 Å². The van der Waals surface area contributed by atoms with Crippen molar-refractivity contribution in [1.29, 1.82) is 0 Å². The summed E-state index contributed by atoms with van der Waals surface area (Å²) in [4.78, 5) is 17.0. The molecule has 1 saturated heterocycles. The van der Waals surface area contributed by atoms with Crippen LogP contribution in [0.1, 0.15) is 71.9 Å². The fraction of sp³-hybridized carbons (Fsp3) is 0.545. The number of carbonyl (C=O) groups is 1. The second kappa shape index (κ2) is 12.5. The first-order chi connectivity index (χ1) is 19.3. The van der Waals surface area contributed by atoms with Gasteiger partial charge in [-0.05, 0) is 99.8 Å². The summed E-state index contributed by atoms with van der Waals surface area (Å²) in [7, 11) is -3.77. The first-order valence-corrected chi connectivity index (χ1v) is 16.4. The Morgan fingerprint density at radius 1 is 1.07 bits per heavy atom. The molecule has 2 aromatic carbocycles. The molecular formula is C33H47N3O4S. The summed E-state index contributed by atoms with van der Waals surface area (Å²) in [6.45, 7) is 19.6. The van der Waals surface area contributed by atoms with E-state index in [0.29, 0.717) is 36.1 Å². The molecule has 0 bridgehead atoms. The fourth-order valence-corrected chi connectivity index (χ4v) is 7.24. The van der Waals surface area contributed by atoms with Crippen LogP contribution in [0.5, 0.6) is 0 Å². The molecule has 7 nitrogen and oxygen atoms in total. The summed E-state index contributed by atoms with van der Waals surface area (Å²) in [5, 5.41) is 0. The minimum absolute atomic E-state index is 0.167. The number of sulfonamides is 1. The molecule has 224 valence electrons. The van der Waals surface area contributed by atoms with Crippen molar-refractivity contribution >= 4 is 33.1 Å². The van der Waals surface area contributed by atoms with Gasteiger partial charge in [-0.1, -0.05) is 39.5 Å². The lowest BCUT2D eigenvalue weighted by Gasteiger charge is -2.39. The van der Waals surface area contributed by atoms with Crippen molar-refractivity contribution in [3.63, 3.8) is 0 Å². The van der Waals surface area contributed by atoms with Crippen molar-refractivity contribution in [2.45, 2.75) is 77.7 Å². The van der Waals surface area contributed by atoms with Gasteiger partial charge < -0.3 is 14.5 Å². The number of hydrogen-bond donors (Lipinski definition) is 0. The number of benzene rings is 2. The fourth-order valence-electron chi connectivity index (χ4n) is 5.58. The third kappa shape index (κ3) is 7.45. The number of ether oxygens (including phenoxy) is 1. The lowest BCUT2D eigenvalue weighted by Crippen LogP contribution is -2.44. The molecule has 4 rings (SSSR count). The molecule has 0 saturated carbocycles. The minimum Gasteiger partial charge on any atom is -0.444 e. The van der Waals surface area contributed by atoms with E-state index in [1.54, 1.807) is 10.4 Å².